The fourth-order valence-electron chi connectivity index (χ4n) is 1.49. The van der Waals surface area contributed by atoms with Gasteiger partial charge in [0, 0.05) is 24.4 Å². The molecule has 6 heteroatoms. The lowest BCUT2D eigenvalue weighted by Crippen LogP contribution is -2.36. The van der Waals surface area contributed by atoms with Gasteiger partial charge in [0.1, 0.15) is 11.6 Å². The van der Waals surface area contributed by atoms with Crippen molar-refractivity contribution in [2.75, 3.05) is 11.9 Å². The summed E-state index contributed by atoms with van der Waals surface area (Å²) in [6, 6.07) is 2.12. The van der Waals surface area contributed by atoms with Crippen molar-refractivity contribution in [1.82, 2.24) is 5.32 Å². The number of urea groups is 1. The fourth-order valence-corrected chi connectivity index (χ4v) is 1.49. The molecule has 0 saturated heterocycles. The number of hydrogen-bond acceptors (Lipinski definition) is 2. The van der Waals surface area contributed by atoms with E-state index in [1.807, 2.05) is 0 Å². The fraction of sp³-hybridized carbons (Fsp3) is 0.417. The minimum atomic E-state index is -0.751. The lowest BCUT2D eigenvalue weighted by molar-refractivity contribution is 0.245. The summed E-state index contributed by atoms with van der Waals surface area (Å²) in [5.41, 5.74) is 0.0550. The minimum Gasteiger partial charge on any atom is -0.396 e. The Balaban J connectivity index is 2.48. The van der Waals surface area contributed by atoms with Crippen molar-refractivity contribution in [3.63, 3.8) is 0 Å². The van der Waals surface area contributed by atoms with Gasteiger partial charge in [-0.2, -0.15) is 0 Å². The van der Waals surface area contributed by atoms with Gasteiger partial charge in [-0.25, -0.2) is 13.6 Å². The molecule has 2 amide bonds. The Morgan fingerprint density at radius 2 is 1.94 bits per heavy atom. The normalized spacial score (nSPS) is 12.0. The third-order valence-electron chi connectivity index (χ3n) is 2.29. The van der Waals surface area contributed by atoms with Crippen molar-refractivity contribution in [3.8, 4) is 0 Å². The summed E-state index contributed by atoms with van der Waals surface area (Å²) >= 11 is 0. The summed E-state index contributed by atoms with van der Waals surface area (Å²) in [6.07, 6.45) is 1.21. The number of hydrogen-bond donors (Lipinski definition) is 3. The molecule has 0 spiro atoms. The van der Waals surface area contributed by atoms with E-state index in [1.165, 1.54) is 0 Å². The van der Waals surface area contributed by atoms with Gasteiger partial charge in [0.25, 0.3) is 0 Å². The molecule has 3 N–H and O–H groups in total. The van der Waals surface area contributed by atoms with Gasteiger partial charge < -0.3 is 15.7 Å². The molecule has 0 radical (unpaired) electrons. The lowest BCUT2D eigenvalue weighted by atomic mass is 10.2. The Morgan fingerprint density at radius 1 is 1.33 bits per heavy atom. The molecular formula is C12H16F2N2O2. The zero-order valence-electron chi connectivity index (χ0n) is 10.0. The number of nitrogens with one attached hydrogen (secondary N) is 2. The first-order chi connectivity index (χ1) is 8.51. The van der Waals surface area contributed by atoms with E-state index >= 15 is 0 Å². The molecule has 0 bridgehead atoms. The largest absolute Gasteiger partial charge is 0.396 e. The third kappa shape index (κ3) is 5.09. The van der Waals surface area contributed by atoms with E-state index in [0.29, 0.717) is 12.8 Å². The third-order valence-corrected chi connectivity index (χ3v) is 2.29. The van der Waals surface area contributed by atoms with Crippen LogP contribution in [-0.2, 0) is 0 Å². The van der Waals surface area contributed by atoms with E-state index < -0.39 is 17.7 Å². The van der Waals surface area contributed by atoms with Crippen LogP contribution in [0.3, 0.4) is 0 Å². The molecule has 1 aromatic carbocycles. The van der Waals surface area contributed by atoms with Gasteiger partial charge >= 0.3 is 6.03 Å². The summed E-state index contributed by atoms with van der Waals surface area (Å²) in [5, 5.41) is 13.6. The van der Waals surface area contributed by atoms with E-state index in [2.05, 4.69) is 10.6 Å². The van der Waals surface area contributed by atoms with Crippen LogP contribution >= 0.6 is 0 Å². The van der Waals surface area contributed by atoms with Gasteiger partial charge in [0.05, 0.1) is 0 Å². The van der Waals surface area contributed by atoms with Crippen LogP contribution in [0.1, 0.15) is 19.8 Å². The van der Waals surface area contributed by atoms with Crippen LogP contribution in [-0.4, -0.2) is 23.8 Å². The maximum absolute atomic E-state index is 12.9. The molecule has 0 fully saturated rings. The topological polar surface area (TPSA) is 61.4 Å². The Morgan fingerprint density at radius 3 is 2.50 bits per heavy atom. The van der Waals surface area contributed by atoms with Gasteiger partial charge in [-0.05, 0) is 31.9 Å². The second-order valence-corrected chi connectivity index (χ2v) is 4.02. The first-order valence-electron chi connectivity index (χ1n) is 5.65. The number of carbonyl (C=O) groups is 1. The van der Waals surface area contributed by atoms with Crippen molar-refractivity contribution >= 4 is 11.7 Å². The average Bonchev–Trinajstić information content (AvgIpc) is 2.24. The van der Waals surface area contributed by atoms with Gasteiger partial charge in [0.2, 0.25) is 0 Å². The smallest absolute Gasteiger partial charge is 0.319 e. The van der Waals surface area contributed by atoms with Crippen LogP contribution in [0, 0.1) is 11.6 Å². The Kier molecular flexibility index (Phi) is 5.51. The highest BCUT2D eigenvalue weighted by atomic mass is 19.1. The first kappa shape index (κ1) is 14.4. The quantitative estimate of drug-likeness (QED) is 0.758. The van der Waals surface area contributed by atoms with Crippen LogP contribution in [0.5, 0.6) is 0 Å². The van der Waals surface area contributed by atoms with E-state index in [0.717, 1.165) is 18.2 Å². The van der Waals surface area contributed by atoms with Crippen LogP contribution < -0.4 is 10.6 Å². The molecule has 100 valence electrons. The molecule has 1 unspecified atom stereocenters. The molecule has 18 heavy (non-hydrogen) atoms. The van der Waals surface area contributed by atoms with E-state index in [1.54, 1.807) is 6.92 Å². The number of halogens is 2. The summed E-state index contributed by atoms with van der Waals surface area (Å²) in [6.45, 7) is 1.84. The maximum Gasteiger partial charge on any atom is 0.319 e. The summed E-state index contributed by atoms with van der Waals surface area (Å²) in [4.78, 5) is 11.5. The predicted octanol–water partition coefficient (Wildman–Crippen LogP) is 2.25. The van der Waals surface area contributed by atoms with Crippen molar-refractivity contribution in [1.29, 1.82) is 0 Å². The molecule has 0 aliphatic carbocycles. The summed E-state index contributed by atoms with van der Waals surface area (Å²) in [5.74, 6) is -1.50. The molecule has 4 nitrogen and oxygen atoms in total. The van der Waals surface area contributed by atoms with Crippen molar-refractivity contribution in [3.05, 3.63) is 29.8 Å². The lowest BCUT2D eigenvalue weighted by Gasteiger charge is -2.14. The van der Waals surface area contributed by atoms with Gasteiger partial charge in [-0.3, -0.25) is 0 Å². The van der Waals surface area contributed by atoms with E-state index in [4.69, 9.17) is 5.11 Å². The molecule has 1 atom stereocenters. The van der Waals surface area contributed by atoms with E-state index in [-0.39, 0.29) is 18.3 Å². The number of aliphatic hydroxyl groups is 1. The number of carbonyl (C=O) groups excluding carboxylic acids is 1. The number of anilines is 1. The van der Waals surface area contributed by atoms with Crippen LogP contribution in [0.4, 0.5) is 19.3 Å². The second kappa shape index (κ2) is 6.90. The minimum absolute atomic E-state index is 0.0550. The average molecular weight is 258 g/mol. The molecule has 0 aromatic heterocycles. The predicted molar refractivity (Wildman–Crippen MR) is 64.3 cm³/mol. The van der Waals surface area contributed by atoms with Gasteiger partial charge in [0.15, 0.2) is 0 Å². The molecule has 0 heterocycles. The summed E-state index contributed by atoms with van der Waals surface area (Å²) in [7, 11) is 0. The molecule has 0 aliphatic heterocycles. The van der Waals surface area contributed by atoms with Crippen molar-refractivity contribution < 1.29 is 18.7 Å². The standard InChI is InChI=1S/C12H16F2N2O2/c1-8(3-2-4-17)15-12(18)16-11-6-9(13)5-10(14)7-11/h5-8,17H,2-4H2,1H3,(H2,15,16,18). The highest BCUT2D eigenvalue weighted by Crippen LogP contribution is 2.12. The van der Waals surface area contributed by atoms with E-state index in [9.17, 15) is 13.6 Å². The molecular weight excluding hydrogens is 242 g/mol. The van der Waals surface area contributed by atoms with Gasteiger partial charge in [-0.1, -0.05) is 0 Å². The van der Waals surface area contributed by atoms with Crippen molar-refractivity contribution in [2.45, 2.75) is 25.8 Å². The number of aliphatic hydroxyl groups excluding tert-OH is 1. The summed E-state index contributed by atoms with van der Waals surface area (Å²) < 4.78 is 25.7. The molecule has 0 saturated carbocycles. The highest BCUT2D eigenvalue weighted by molar-refractivity contribution is 5.89. The SMILES string of the molecule is CC(CCCO)NC(=O)Nc1cc(F)cc(F)c1. The van der Waals surface area contributed by atoms with Gasteiger partial charge in [-0.15, -0.1) is 0 Å². The van der Waals surface area contributed by atoms with Crippen LogP contribution in [0.25, 0.3) is 0 Å². The zero-order chi connectivity index (χ0) is 13.5. The number of rotatable bonds is 5. The monoisotopic (exact) mass is 258 g/mol. The second-order valence-electron chi connectivity index (χ2n) is 4.02. The molecule has 1 rings (SSSR count). The Labute approximate surface area is 104 Å². The molecule has 0 aliphatic rings. The number of amides is 2. The number of benzene rings is 1. The van der Waals surface area contributed by atoms with Crippen LogP contribution in [0.2, 0.25) is 0 Å². The zero-order valence-corrected chi connectivity index (χ0v) is 10.0. The Hall–Kier alpha value is -1.69. The van der Waals surface area contributed by atoms with Crippen LogP contribution in [0.15, 0.2) is 18.2 Å². The van der Waals surface area contributed by atoms with Crippen molar-refractivity contribution in [2.24, 2.45) is 0 Å². The Bertz CT molecular complexity index is 393. The maximum atomic E-state index is 12.9. The molecule has 1 aromatic rings. The first-order valence-corrected chi connectivity index (χ1v) is 5.65. The highest BCUT2D eigenvalue weighted by Gasteiger charge is 2.08.